The highest BCUT2D eigenvalue weighted by Gasteiger charge is 2.49. The molecule has 0 spiro atoms. The Kier molecular flexibility index (Phi) is 9.55. The number of aliphatic hydroxyl groups excluding tert-OH is 1. The van der Waals surface area contributed by atoms with Crippen molar-refractivity contribution in [3.05, 3.63) is 101 Å². The van der Waals surface area contributed by atoms with Gasteiger partial charge in [-0.15, -0.1) is 10.2 Å². The summed E-state index contributed by atoms with van der Waals surface area (Å²) in [6.45, 7) is 4.36. The van der Waals surface area contributed by atoms with Gasteiger partial charge in [0, 0.05) is 11.9 Å². The van der Waals surface area contributed by atoms with E-state index in [1.807, 2.05) is 6.07 Å². The molecule has 47 heavy (non-hydrogen) atoms. The molecule has 1 unspecified atom stereocenters. The number of aryl methyl sites for hydroxylation is 1. The fourth-order valence-electron chi connectivity index (χ4n) is 5.46. The molecule has 10 nitrogen and oxygen atoms in total. The van der Waals surface area contributed by atoms with E-state index in [0.29, 0.717) is 50.8 Å². The van der Waals surface area contributed by atoms with Gasteiger partial charge in [0.25, 0.3) is 5.78 Å². The Hall–Kier alpha value is -4.75. The number of anilines is 1. The number of rotatable bonds is 12. The Labute approximate surface area is 278 Å². The van der Waals surface area contributed by atoms with Crippen molar-refractivity contribution >= 4 is 51.3 Å². The zero-order valence-corrected chi connectivity index (χ0v) is 27.6. The number of thioether (sulfide) groups is 1. The van der Waals surface area contributed by atoms with E-state index >= 15 is 0 Å². The Bertz CT molecular complexity index is 1970. The number of aromatic nitrogens is 4. The number of ether oxygens (including phenoxy) is 2. The first-order chi connectivity index (χ1) is 22.8. The second-order valence-electron chi connectivity index (χ2n) is 10.9. The summed E-state index contributed by atoms with van der Waals surface area (Å²) in [7, 11) is 1.52. The van der Waals surface area contributed by atoms with Crippen molar-refractivity contribution in [1.29, 1.82) is 0 Å². The van der Waals surface area contributed by atoms with Crippen LogP contribution >= 0.6 is 23.1 Å². The molecule has 242 valence electrons. The number of methoxy groups -OCH3 is 1. The molecule has 1 atom stereocenters. The van der Waals surface area contributed by atoms with E-state index in [0.717, 1.165) is 36.2 Å². The zero-order valence-electron chi connectivity index (χ0n) is 26.0. The van der Waals surface area contributed by atoms with Crippen molar-refractivity contribution in [1.82, 2.24) is 19.6 Å². The number of imidazole rings is 1. The predicted octanol–water partition coefficient (Wildman–Crippen LogP) is 7.13. The van der Waals surface area contributed by atoms with Gasteiger partial charge in [-0.05, 0) is 60.9 Å². The molecular weight excluding hydrogens is 642 g/mol. The topological polar surface area (TPSA) is 119 Å². The summed E-state index contributed by atoms with van der Waals surface area (Å²) >= 11 is 2.52. The molecular formula is C34H32FN5O5S2. The van der Waals surface area contributed by atoms with Gasteiger partial charge in [0.05, 0.1) is 31.0 Å². The van der Waals surface area contributed by atoms with Crippen LogP contribution in [0, 0.1) is 12.7 Å². The number of amides is 1. The molecule has 0 bridgehead atoms. The number of hydrogen-bond donors (Lipinski definition) is 1. The number of nitrogens with zero attached hydrogens (tertiary/aromatic N) is 5. The lowest BCUT2D eigenvalue weighted by atomic mass is 9.96. The van der Waals surface area contributed by atoms with Gasteiger partial charge in [-0.25, -0.2) is 9.37 Å². The molecule has 1 saturated heterocycles. The minimum atomic E-state index is -1.06. The number of ketones is 1. The number of Topliss-reactive ketones (excluding diaryl/α,β-unsaturated/α-hetero) is 1. The van der Waals surface area contributed by atoms with E-state index in [1.165, 1.54) is 35.9 Å². The van der Waals surface area contributed by atoms with Crippen molar-refractivity contribution in [2.45, 2.75) is 49.2 Å². The molecule has 1 aliphatic heterocycles. The fraction of sp³-hybridized carbons (Fsp3) is 0.265. The molecule has 3 aromatic heterocycles. The summed E-state index contributed by atoms with van der Waals surface area (Å²) in [5.74, 6) is -0.955. The van der Waals surface area contributed by atoms with Crippen LogP contribution in [0.2, 0.25) is 0 Å². The summed E-state index contributed by atoms with van der Waals surface area (Å²) in [6.07, 6.45) is 4.71. The number of benzene rings is 2. The van der Waals surface area contributed by atoms with Crippen molar-refractivity contribution in [2.75, 3.05) is 18.6 Å². The first-order valence-electron chi connectivity index (χ1n) is 15.1. The van der Waals surface area contributed by atoms with Gasteiger partial charge in [-0.1, -0.05) is 67.1 Å². The molecule has 4 heterocycles. The van der Waals surface area contributed by atoms with Crippen LogP contribution in [0.25, 0.3) is 11.4 Å². The van der Waals surface area contributed by atoms with E-state index in [9.17, 15) is 19.1 Å². The van der Waals surface area contributed by atoms with Crippen molar-refractivity contribution in [3.8, 4) is 11.5 Å². The van der Waals surface area contributed by atoms with Crippen LogP contribution in [0.3, 0.4) is 0 Å². The third-order valence-corrected chi connectivity index (χ3v) is 9.89. The lowest BCUT2D eigenvalue weighted by Crippen LogP contribution is -2.29. The number of halogens is 1. The highest BCUT2D eigenvalue weighted by Crippen LogP contribution is 2.46. The lowest BCUT2D eigenvalue weighted by Gasteiger charge is -2.23. The molecule has 1 aliphatic rings. The number of carbonyl (C=O) groups is 2. The van der Waals surface area contributed by atoms with Gasteiger partial charge in [0.1, 0.15) is 17.2 Å². The minimum absolute atomic E-state index is 0.113. The number of pyridine rings is 1. The lowest BCUT2D eigenvalue weighted by molar-refractivity contribution is -0.132. The summed E-state index contributed by atoms with van der Waals surface area (Å²) in [6, 6.07) is 15.7. The molecule has 1 fully saturated rings. The van der Waals surface area contributed by atoms with Gasteiger partial charge in [0.15, 0.2) is 21.6 Å². The molecule has 5 aromatic rings. The van der Waals surface area contributed by atoms with E-state index in [1.54, 1.807) is 60.0 Å². The van der Waals surface area contributed by atoms with Crippen LogP contribution in [0.4, 0.5) is 9.52 Å². The number of unbranched alkanes of at least 4 members (excludes halogenated alkanes) is 2. The van der Waals surface area contributed by atoms with Gasteiger partial charge in [-0.3, -0.25) is 18.9 Å². The second kappa shape index (κ2) is 13.9. The van der Waals surface area contributed by atoms with Gasteiger partial charge in [-0.2, -0.15) is 0 Å². The zero-order chi connectivity index (χ0) is 33.1. The number of aliphatic hydroxyl groups is 1. The number of hydrogen-bond acceptors (Lipinski definition) is 10. The van der Waals surface area contributed by atoms with E-state index in [4.69, 9.17) is 9.47 Å². The van der Waals surface area contributed by atoms with Crippen LogP contribution in [0.15, 0.2) is 76.8 Å². The third-order valence-electron chi connectivity index (χ3n) is 7.76. The van der Waals surface area contributed by atoms with Crippen molar-refractivity contribution < 1.29 is 28.6 Å². The van der Waals surface area contributed by atoms with Crippen LogP contribution in [-0.4, -0.2) is 50.1 Å². The Balaban J connectivity index is 1.43. The fourth-order valence-corrected chi connectivity index (χ4v) is 7.29. The summed E-state index contributed by atoms with van der Waals surface area (Å²) in [5.41, 5.74) is 2.65. The smallest absolute Gasteiger partial charge is 0.301 e. The molecule has 1 amide bonds. The maximum absolute atomic E-state index is 13.9. The van der Waals surface area contributed by atoms with E-state index in [2.05, 4.69) is 22.1 Å². The standard InChI is InChI=1S/C34H32FN5O5S2/c1-4-5-8-17-45-24-15-12-22(18-25(24)44-3)29-27(30(41)28-20(2)36-26-9-6-7-16-39(26)28)31(42)32(43)40(29)33-37-38-34(47-33)46-19-21-10-13-23(35)14-11-21/h6-7,9-16,18,29,41H,4-5,8,17,19H2,1-3H3. The highest BCUT2D eigenvalue weighted by molar-refractivity contribution is 8.00. The maximum atomic E-state index is 13.9. The van der Waals surface area contributed by atoms with E-state index in [-0.39, 0.29) is 22.3 Å². The monoisotopic (exact) mass is 673 g/mol. The SMILES string of the molecule is CCCCCOc1ccc(C2C(=C(O)c3c(C)nc4ccccn34)C(=O)C(=O)N2c2nnc(SCc3ccc(F)cc3)s2)cc1OC. The van der Waals surface area contributed by atoms with Crippen molar-refractivity contribution in [2.24, 2.45) is 0 Å². The van der Waals surface area contributed by atoms with Crippen molar-refractivity contribution in [3.63, 3.8) is 0 Å². The van der Waals surface area contributed by atoms with Crippen LogP contribution < -0.4 is 14.4 Å². The van der Waals surface area contributed by atoms with E-state index < -0.39 is 17.7 Å². The Morgan fingerprint density at radius 3 is 2.64 bits per heavy atom. The van der Waals surface area contributed by atoms with Crippen LogP contribution in [-0.2, 0) is 15.3 Å². The average Bonchev–Trinajstić information content (AvgIpc) is 3.76. The molecule has 0 aliphatic carbocycles. The van der Waals surface area contributed by atoms with Crippen LogP contribution in [0.5, 0.6) is 11.5 Å². The largest absolute Gasteiger partial charge is 0.505 e. The molecule has 13 heteroatoms. The number of fused-ring (bicyclic) bond motifs is 1. The molecule has 2 aromatic carbocycles. The maximum Gasteiger partial charge on any atom is 0.301 e. The normalized spacial score (nSPS) is 15.9. The quantitative estimate of drug-likeness (QED) is 0.0368. The highest BCUT2D eigenvalue weighted by atomic mass is 32.2. The third kappa shape index (κ3) is 6.45. The molecule has 6 rings (SSSR count). The van der Waals surface area contributed by atoms with Crippen LogP contribution in [0.1, 0.15) is 54.7 Å². The minimum Gasteiger partial charge on any atom is -0.505 e. The van der Waals surface area contributed by atoms with Gasteiger partial charge >= 0.3 is 5.91 Å². The summed E-state index contributed by atoms with van der Waals surface area (Å²) in [4.78, 5) is 33.5. The second-order valence-corrected chi connectivity index (χ2v) is 13.1. The van der Waals surface area contributed by atoms with Gasteiger partial charge in [0.2, 0.25) is 5.13 Å². The first-order valence-corrected chi connectivity index (χ1v) is 16.9. The number of carbonyl (C=O) groups excluding carboxylic acids is 2. The Morgan fingerprint density at radius 1 is 1.06 bits per heavy atom. The summed E-state index contributed by atoms with van der Waals surface area (Å²) in [5, 5.41) is 20.6. The first kappa shape index (κ1) is 32.2. The Morgan fingerprint density at radius 2 is 1.87 bits per heavy atom. The molecule has 0 saturated carbocycles. The van der Waals surface area contributed by atoms with Gasteiger partial charge < -0.3 is 14.6 Å². The summed E-state index contributed by atoms with van der Waals surface area (Å²) < 4.78 is 27.3. The molecule has 1 N–H and O–H groups in total. The molecule has 0 radical (unpaired) electrons. The average molecular weight is 674 g/mol. The predicted molar refractivity (Wildman–Crippen MR) is 179 cm³/mol.